The molecule has 0 radical (unpaired) electrons. The lowest BCUT2D eigenvalue weighted by molar-refractivity contribution is -0.122. The number of aromatic nitrogens is 2. The fraction of sp³-hybridized carbons (Fsp3) is 0.333. The molecule has 1 aromatic heterocycles. The number of amides is 1. The van der Waals surface area contributed by atoms with Crippen LogP contribution in [-0.2, 0) is 11.3 Å². The first-order valence-corrected chi connectivity index (χ1v) is 6.88. The molecule has 1 heterocycles. The Morgan fingerprint density at radius 3 is 2.81 bits per heavy atom. The van der Waals surface area contributed by atoms with Gasteiger partial charge in [-0.25, -0.2) is 4.39 Å². The van der Waals surface area contributed by atoms with Crippen molar-refractivity contribution in [3.05, 3.63) is 42.5 Å². The van der Waals surface area contributed by atoms with Crippen molar-refractivity contribution in [2.45, 2.75) is 32.9 Å². The first-order valence-electron chi connectivity index (χ1n) is 6.88. The van der Waals surface area contributed by atoms with Crippen molar-refractivity contribution in [3.63, 3.8) is 0 Å². The second kappa shape index (κ2) is 6.88. The van der Waals surface area contributed by atoms with Gasteiger partial charge in [0.05, 0.1) is 11.9 Å². The molecular weight excluding hydrogens is 273 g/mol. The third kappa shape index (κ3) is 3.81. The average Bonchev–Trinajstić information content (AvgIpc) is 2.94. The SMILES string of the molecule is CC[C@@H](Oc1ccccc1F)C(=O)Nc1cnn(CC)c1. The number of carbonyl (C=O) groups excluding carboxylic acids is 1. The molecule has 2 aromatic rings. The Morgan fingerprint density at radius 2 is 2.19 bits per heavy atom. The van der Waals surface area contributed by atoms with E-state index in [1.807, 2.05) is 6.92 Å². The quantitative estimate of drug-likeness (QED) is 0.890. The largest absolute Gasteiger partial charge is 0.478 e. The van der Waals surface area contributed by atoms with Gasteiger partial charge in [0.25, 0.3) is 5.91 Å². The summed E-state index contributed by atoms with van der Waals surface area (Å²) < 4.78 is 20.7. The maximum absolute atomic E-state index is 13.6. The van der Waals surface area contributed by atoms with Crippen LogP contribution in [0.25, 0.3) is 0 Å². The summed E-state index contributed by atoms with van der Waals surface area (Å²) in [5.41, 5.74) is 0.595. The Hall–Kier alpha value is -2.37. The Bertz CT molecular complexity index is 612. The Kier molecular flexibility index (Phi) is 4.92. The van der Waals surface area contributed by atoms with E-state index < -0.39 is 11.9 Å². The van der Waals surface area contributed by atoms with Crippen molar-refractivity contribution in [2.24, 2.45) is 0 Å². The van der Waals surface area contributed by atoms with Gasteiger partial charge < -0.3 is 10.1 Å². The smallest absolute Gasteiger partial charge is 0.265 e. The minimum absolute atomic E-state index is 0.0729. The van der Waals surface area contributed by atoms with Gasteiger partial charge in [-0.05, 0) is 25.5 Å². The zero-order valence-corrected chi connectivity index (χ0v) is 12.0. The van der Waals surface area contributed by atoms with Crippen LogP contribution in [0.2, 0.25) is 0 Å². The van der Waals surface area contributed by atoms with Crippen molar-refractivity contribution in [2.75, 3.05) is 5.32 Å². The van der Waals surface area contributed by atoms with Gasteiger partial charge in [0, 0.05) is 12.7 Å². The van der Waals surface area contributed by atoms with Crippen LogP contribution in [0.5, 0.6) is 5.75 Å². The Balaban J connectivity index is 2.03. The van der Waals surface area contributed by atoms with Crippen molar-refractivity contribution < 1.29 is 13.9 Å². The van der Waals surface area contributed by atoms with Crippen LogP contribution in [-0.4, -0.2) is 21.8 Å². The van der Waals surface area contributed by atoms with Gasteiger partial charge in [0.1, 0.15) is 0 Å². The van der Waals surface area contributed by atoms with Crippen molar-refractivity contribution in [1.82, 2.24) is 9.78 Å². The number of anilines is 1. The second-order valence-electron chi connectivity index (χ2n) is 4.52. The Labute approximate surface area is 122 Å². The molecule has 1 aromatic carbocycles. The number of hydrogen-bond donors (Lipinski definition) is 1. The van der Waals surface area contributed by atoms with E-state index in [1.54, 1.807) is 36.1 Å². The van der Waals surface area contributed by atoms with Crippen LogP contribution in [0.1, 0.15) is 20.3 Å². The highest BCUT2D eigenvalue weighted by Crippen LogP contribution is 2.18. The number of benzene rings is 1. The molecule has 0 aliphatic heterocycles. The average molecular weight is 291 g/mol. The summed E-state index contributed by atoms with van der Waals surface area (Å²) in [6, 6.07) is 6.03. The van der Waals surface area contributed by atoms with Crippen molar-refractivity contribution in [1.29, 1.82) is 0 Å². The molecule has 112 valence electrons. The van der Waals surface area contributed by atoms with Crippen molar-refractivity contribution >= 4 is 11.6 Å². The zero-order chi connectivity index (χ0) is 15.2. The lowest BCUT2D eigenvalue weighted by atomic mass is 10.2. The number of rotatable bonds is 6. The third-order valence-corrected chi connectivity index (χ3v) is 2.99. The lowest BCUT2D eigenvalue weighted by Crippen LogP contribution is -2.32. The molecule has 0 fully saturated rings. The van der Waals surface area contributed by atoms with Crippen LogP contribution in [0, 0.1) is 5.82 Å². The van der Waals surface area contributed by atoms with E-state index in [1.165, 1.54) is 12.1 Å². The molecule has 1 N–H and O–H groups in total. The number of carbonyl (C=O) groups is 1. The fourth-order valence-electron chi connectivity index (χ4n) is 1.84. The molecule has 0 saturated carbocycles. The molecule has 6 heteroatoms. The van der Waals surface area contributed by atoms with Gasteiger partial charge in [0.15, 0.2) is 17.7 Å². The van der Waals surface area contributed by atoms with E-state index in [0.717, 1.165) is 6.54 Å². The van der Waals surface area contributed by atoms with Gasteiger partial charge in [-0.1, -0.05) is 19.1 Å². The predicted molar refractivity (Wildman–Crippen MR) is 77.6 cm³/mol. The van der Waals surface area contributed by atoms with Crippen LogP contribution in [0.4, 0.5) is 10.1 Å². The highest BCUT2D eigenvalue weighted by Gasteiger charge is 2.20. The summed E-state index contributed by atoms with van der Waals surface area (Å²) in [6.07, 6.45) is 2.97. The van der Waals surface area contributed by atoms with Gasteiger partial charge in [0.2, 0.25) is 0 Å². The zero-order valence-electron chi connectivity index (χ0n) is 12.0. The third-order valence-electron chi connectivity index (χ3n) is 2.99. The number of ether oxygens (including phenoxy) is 1. The summed E-state index contributed by atoms with van der Waals surface area (Å²) in [5, 5.41) is 6.79. The summed E-state index contributed by atoms with van der Waals surface area (Å²) >= 11 is 0. The number of para-hydroxylation sites is 1. The molecular formula is C15H18FN3O2. The molecule has 0 aliphatic carbocycles. The monoisotopic (exact) mass is 291 g/mol. The molecule has 5 nitrogen and oxygen atoms in total. The van der Waals surface area contributed by atoms with Crippen LogP contribution < -0.4 is 10.1 Å². The maximum Gasteiger partial charge on any atom is 0.265 e. The number of hydrogen-bond acceptors (Lipinski definition) is 3. The number of nitrogens with zero attached hydrogens (tertiary/aromatic N) is 2. The predicted octanol–water partition coefficient (Wildman–Crippen LogP) is 2.84. The van der Waals surface area contributed by atoms with Gasteiger partial charge in [-0.3, -0.25) is 9.48 Å². The molecule has 0 bridgehead atoms. The normalized spacial score (nSPS) is 12.0. The lowest BCUT2D eigenvalue weighted by Gasteiger charge is -2.17. The second-order valence-corrected chi connectivity index (χ2v) is 4.52. The first kappa shape index (κ1) is 15.0. The molecule has 1 atom stereocenters. The molecule has 21 heavy (non-hydrogen) atoms. The van der Waals surface area contributed by atoms with Crippen LogP contribution in [0.3, 0.4) is 0 Å². The maximum atomic E-state index is 13.6. The van der Waals surface area contributed by atoms with Crippen LogP contribution >= 0.6 is 0 Å². The summed E-state index contributed by atoms with van der Waals surface area (Å²) in [5.74, 6) is -0.734. The van der Waals surface area contributed by atoms with E-state index in [2.05, 4.69) is 10.4 Å². The van der Waals surface area contributed by atoms with E-state index in [4.69, 9.17) is 4.74 Å². The summed E-state index contributed by atoms with van der Waals surface area (Å²) in [7, 11) is 0. The summed E-state index contributed by atoms with van der Waals surface area (Å²) in [4.78, 5) is 12.2. The van der Waals surface area contributed by atoms with E-state index in [-0.39, 0.29) is 11.7 Å². The highest BCUT2D eigenvalue weighted by atomic mass is 19.1. The van der Waals surface area contributed by atoms with Gasteiger partial charge in [-0.2, -0.15) is 5.10 Å². The molecule has 0 spiro atoms. The first-order chi connectivity index (χ1) is 10.1. The number of halogens is 1. The summed E-state index contributed by atoms with van der Waals surface area (Å²) in [6.45, 7) is 4.48. The number of aryl methyl sites for hydroxylation is 1. The molecule has 0 saturated heterocycles. The minimum atomic E-state index is -0.758. The topological polar surface area (TPSA) is 56.1 Å². The van der Waals surface area contributed by atoms with E-state index in [0.29, 0.717) is 12.1 Å². The van der Waals surface area contributed by atoms with E-state index in [9.17, 15) is 9.18 Å². The molecule has 1 amide bonds. The standard InChI is InChI=1S/C15H18FN3O2/c1-3-13(21-14-8-6-5-7-12(14)16)15(20)18-11-9-17-19(4-2)10-11/h5-10,13H,3-4H2,1-2H3,(H,18,20)/t13-/m1/s1. The van der Waals surface area contributed by atoms with Gasteiger partial charge in [-0.15, -0.1) is 0 Å². The van der Waals surface area contributed by atoms with Gasteiger partial charge >= 0.3 is 0 Å². The highest BCUT2D eigenvalue weighted by molar-refractivity contribution is 5.94. The number of nitrogens with one attached hydrogen (secondary N) is 1. The minimum Gasteiger partial charge on any atom is -0.478 e. The Morgan fingerprint density at radius 1 is 1.43 bits per heavy atom. The van der Waals surface area contributed by atoms with E-state index >= 15 is 0 Å². The van der Waals surface area contributed by atoms with Crippen molar-refractivity contribution in [3.8, 4) is 5.75 Å². The van der Waals surface area contributed by atoms with Crippen LogP contribution in [0.15, 0.2) is 36.7 Å². The molecule has 2 rings (SSSR count). The fourth-order valence-corrected chi connectivity index (χ4v) is 1.84. The molecule has 0 unspecified atom stereocenters. The molecule has 0 aliphatic rings.